The molecule has 18 heavy (non-hydrogen) atoms. The smallest absolute Gasteiger partial charge is 0.326 e. The molecular formula is C12H12N4O2. The number of esters is 1. The lowest BCUT2D eigenvalue weighted by atomic mass is 10.2. The van der Waals surface area contributed by atoms with Gasteiger partial charge in [-0.15, -0.1) is 0 Å². The zero-order valence-electron chi connectivity index (χ0n) is 9.88. The van der Waals surface area contributed by atoms with E-state index in [1.54, 1.807) is 25.1 Å². The number of nitrogens with two attached hydrogens (primary N) is 1. The molecule has 92 valence electrons. The summed E-state index contributed by atoms with van der Waals surface area (Å²) in [5, 5.41) is 8.86. The summed E-state index contributed by atoms with van der Waals surface area (Å²) in [5.74, 6) is -0.154. The maximum atomic E-state index is 11.5. The van der Waals surface area contributed by atoms with Crippen LogP contribution in [0.5, 0.6) is 0 Å². The van der Waals surface area contributed by atoms with Crippen LogP contribution in [0.3, 0.4) is 0 Å². The second kappa shape index (κ2) is 4.75. The normalized spacial score (nSPS) is 10.2. The largest absolute Gasteiger partial charge is 0.465 e. The van der Waals surface area contributed by atoms with Crippen molar-refractivity contribution >= 4 is 23.0 Å². The molecule has 0 atom stereocenters. The molecule has 2 rings (SSSR count). The molecule has 0 saturated heterocycles. The molecule has 0 aliphatic rings. The van der Waals surface area contributed by atoms with Crippen molar-refractivity contribution in [1.29, 1.82) is 5.26 Å². The highest BCUT2D eigenvalue weighted by molar-refractivity contribution is 5.82. The van der Waals surface area contributed by atoms with Crippen LogP contribution >= 0.6 is 0 Å². The highest BCUT2D eigenvalue weighted by Gasteiger charge is 2.12. The van der Waals surface area contributed by atoms with Gasteiger partial charge in [0.25, 0.3) is 0 Å². The highest BCUT2D eigenvalue weighted by atomic mass is 16.5. The molecule has 0 saturated carbocycles. The van der Waals surface area contributed by atoms with E-state index in [0.717, 1.165) is 0 Å². The zero-order valence-corrected chi connectivity index (χ0v) is 9.88. The Bertz CT molecular complexity index is 639. The van der Waals surface area contributed by atoms with E-state index in [-0.39, 0.29) is 18.5 Å². The Hall–Kier alpha value is -2.55. The predicted molar refractivity (Wildman–Crippen MR) is 65.5 cm³/mol. The first-order chi connectivity index (χ1) is 8.65. The van der Waals surface area contributed by atoms with Crippen molar-refractivity contribution in [3.63, 3.8) is 0 Å². The number of anilines is 1. The second-order valence-corrected chi connectivity index (χ2v) is 3.68. The van der Waals surface area contributed by atoms with Gasteiger partial charge < -0.3 is 10.5 Å². The topological polar surface area (TPSA) is 93.9 Å². The van der Waals surface area contributed by atoms with E-state index in [4.69, 9.17) is 15.7 Å². The summed E-state index contributed by atoms with van der Waals surface area (Å²) in [7, 11) is 0. The van der Waals surface area contributed by atoms with Gasteiger partial charge in [0.1, 0.15) is 6.54 Å². The van der Waals surface area contributed by atoms with E-state index in [2.05, 4.69) is 4.98 Å². The molecule has 2 N–H and O–H groups in total. The highest BCUT2D eigenvalue weighted by Crippen LogP contribution is 2.19. The Morgan fingerprint density at radius 1 is 1.61 bits per heavy atom. The number of nitrogens with zero attached hydrogens (tertiary/aromatic N) is 3. The lowest BCUT2D eigenvalue weighted by Gasteiger charge is -2.05. The number of nitrogen functional groups attached to an aromatic ring is 1. The number of carbonyl (C=O) groups excluding carboxylic acids is 1. The van der Waals surface area contributed by atoms with Crippen LogP contribution in [-0.2, 0) is 16.1 Å². The average molecular weight is 244 g/mol. The number of imidazole rings is 1. The summed E-state index contributed by atoms with van der Waals surface area (Å²) in [5.41, 5.74) is 7.54. The Morgan fingerprint density at radius 2 is 2.39 bits per heavy atom. The van der Waals surface area contributed by atoms with Crippen LogP contribution in [0.25, 0.3) is 11.0 Å². The fraction of sp³-hybridized carbons (Fsp3) is 0.250. The van der Waals surface area contributed by atoms with Crippen LogP contribution in [0.1, 0.15) is 12.5 Å². The molecule has 0 aliphatic heterocycles. The van der Waals surface area contributed by atoms with Crippen molar-refractivity contribution < 1.29 is 9.53 Å². The molecule has 0 amide bonds. The van der Waals surface area contributed by atoms with Gasteiger partial charge in [-0.2, -0.15) is 5.26 Å². The van der Waals surface area contributed by atoms with E-state index in [0.29, 0.717) is 23.2 Å². The van der Waals surface area contributed by atoms with E-state index in [9.17, 15) is 4.79 Å². The Labute approximate surface area is 104 Å². The predicted octanol–water partition coefficient (Wildman–Crippen LogP) is 1.05. The molecule has 2 aromatic rings. The SMILES string of the molecule is CCOC(=O)Cn1c(N)nc2ccc(C#N)cc21. The summed E-state index contributed by atoms with van der Waals surface area (Å²) < 4.78 is 6.40. The summed E-state index contributed by atoms with van der Waals surface area (Å²) in [4.78, 5) is 15.6. The van der Waals surface area contributed by atoms with Gasteiger partial charge in [-0.25, -0.2) is 4.98 Å². The van der Waals surface area contributed by atoms with E-state index < -0.39 is 0 Å². The van der Waals surface area contributed by atoms with Gasteiger partial charge in [-0.05, 0) is 25.1 Å². The Kier molecular flexibility index (Phi) is 3.15. The van der Waals surface area contributed by atoms with Crippen molar-refractivity contribution in [3.05, 3.63) is 23.8 Å². The third-order valence-corrected chi connectivity index (χ3v) is 2.50. The summed E-state index contributed by atoms with van der Waals surface area (Å²) in [6.45, 7) is 2.04. The number of ether oxygens (including phenoxy) is 1. The molecule has 6 nitrogen and oxygen atoms in total. The van der Waals surface area contributed by atoms with Crippen LogP contribution < -0.4 is 5.73 Å². The van der Waals surface area contributed by atoms with Crippen molar-refractivity contribution in [1.82, 2.24) is 9.55 Å². The molecule has 0 unspecified atom stereocenters. The van der Waals surface area contributed by atoms with Crippen molar-refractivity contribution in [3.8, 4) is 6.07 Å². The minimum atomic E-state index is -0.383. The first kappa shape index (κ1) is 11.9. The Morgan fingerprint density at radius 3 is 3.06 bits per heavy atom. The minimum absolute atomic E-state index is 0.00887. The lowest BCUT2D eigenvalue weighted by Crippen LogP contribution is -2.15. The van der Waals surface area contributed by atoms with Gasteiger partial charge in [0, 0.05) is 0 Å². The number of benzene rings is 1. The third kappa shape index (κ3) is 2.11. The lowest BCUT2D eigenvalue weighted by molar-refractivity contribution is -0.143. The van der Waals surface area contributed by atoms with E-state index in [1.165, 1.54) is 4.57 Å². The second-order valence-electron chi connectivity index (χ2n) is 3.68. The standard InChI is InChI=1S/C12H12N4O2/c1-2-18-11(17)7-16-10-5-8(6-13)3-4-9(10)15-12(16)14/h3-5H,2,7H2,1H3,(H2,14,15). The van der Waals surface area contributed by atoms with Gasteiger partial charge in [0.05, 0.1) is 29.3 Å². The number of fused-ring (bicyclic) bond motifs is 1. The number of hydrogen-bond donors (Lipinski definition) is 1. The average Bonchev–Trinajstić information content (AvgIpc) is 2.65. The fourth-order valence-electron chi connectivity index (χ4n) is 1.71. The molecule has 0 aliphatic carbocycles. The van der Waals surface area contributed by atoms with E-state index >= 15 is 0 Å². The van der Waals surface area contributed by atoms with Crippen LogP contribution in [0.2, 0.25) is 0 Å². The zero-order chi connectivity index (χ0) is 13.1. The maximum absolute atomic E-state index is 11.5. The molecule has 6 heteroatoms. The third-order valence-electron chi connectivity index (χ3n) is 2.50. The molecule has 1 aromatic carbocycles. The quantitative estimate of drug-likeness (QED) is 0.814. The first-order valence-electron chi connectivity index (χ1n) is 5.47. The molecule has 1 heterocycles. The molecule has 1 aromatic heterocycles. The van der Waals surface area contributed by atoms with Crippen molar-refractivity contribution in [2.24, 2.45) is 0 Å². The molecule has 0 spiro atoms. The van der Waals surface area contributed by atoms with Crippen LogP contribution in [-0.4, -0.2) is 22.1 Å². The van der Waals surface area contributed by atoms with Gasteiger partial charge in [-0.3, -0.25) is 9.36 Å². The van der Waals surface area contributed by atoms with Crippen LogP contribution in [0.15, 0.2) is 18.2 Å². The Balaban J connectivity index is 2.45. The van der Waals surface area contributed by atoms with Gasteiger partial charge in [0.15, 0.2) is 0 Å². The fourth-order valence-corrected chi connectivity index (χ4v) is 1.71. The van der Waals surface area contributed by atoms with Gasteiger partial charge in [0.2, 0.25) is 5.95 Å². The number of carbonyl (C=O) groups is 1. The van der Waals surface area contributed by atoms with Crippen LogP contribution in [0, 0.1) is 11.3 Å². The minimum Gasteiger partial charge on any atom is -0.465 e. The number of hydrogen-bond acceptors (Lipinski definition) is 5. The molecule has 0 radical (unpaired) electrons. The van der Waals surface area contributed by atoms with Crippen molar-refractivity contribution in [2.45, 2.75) is 13.5 Å². The molecular weight excluding hydrogens is 232 g/mol. The van der Waals surface area contributed by atoms with Gasteiger partial charge >= 0.3 is 5.97 Å². The number of aromatic nitrogens is 2. The summed E-state index contributed by atoms with van der Waals surface area (Å²) >= 11 is 0. The molecule has 0 fully saturated rings. The number of nitriles is 1. The van der Waals surface area contributed by atoms with Crippen LogP contribution in [0.4, 0.5) is 5.95 Å². The van der Waals surface area contributed by atoms with E-state index in [1.807, 2.05) is 6.07 Å². The molecule has 0 bridgehead atoms. The maximum Gasteiger partial charge on any atom is 0.326 e. The summed E-state index contributed by atoms with van der Waals surface area (Å²) in [6, 6.07) is 7.04. The van der Waals surface area contributed by atoms with Crippen molar-refractivity contribution in [2.75, 3.05) is 12.3 Å². The first-order valence-corrected chi connectivity index (χ1v) is 5.47. The monoisotopic (exact) mass is 244 g/mol. The van der Waals surface area contributed by atoms with Gasteiger partial charge in [-0.1, -0.05) is 0 Å². The summed E-state index contributed by atoms with van der Waals surface area (Å²) in [6.07, 6.45) is 0. The number of rotatable bonds is 3.